The number of rotatable bonds is 11. The first-order valence-corrected chi connectivity index (χ1v) is 27.9. The van der Waals surface area contributed by atoms with Gasteiger partial charge in [0.15, 0.2) is 5.82 Å². The van der Waals surface area contributed by atoms with Gasteiger partial charge in [-0.15, -0.1) is 0 Å². The lowest BCUT2D eigenvalue weighted by Gasteiger charge is -2.49. The van der Waals surface area contributed by atoms with Crippen molar-refractivity contribution in [1.82, 2.24) is 39.5 Å². The van der Waals surface area contributed by atoms with Crippen LogP contribution in [0.15, 0.2) is 48.9 Å². The minimum absolute atomic E-state index is 0.0137. The maximum Gasteiger partial charge on any atom is 0.238 e. The molecule has 2 aliphatic carbocycles. The Bertz CT molecular complexity index is 2840. The molecule has 74 heavy (non-hydrogen) atoms. The Morgan fingerprint density at radius 1 is 0.851 bits per heavy atom. The zero-order valence-corrected chi connectivity index (χ0v) is 43.4. The third-order valence-electron chi connectivity index (χ3n) is 18.5. The van der Waals surface area contributed by atoms with Crippen LogP contribution in [0, 0.1) is 11.3 Å². The van der Waals surface area contributed by atoms with Crippen molar-refractivity contribution >= 4 is 57.9 Å². The maximum absolute atomic E-state index is 15.3. The van der Waals surface area contributed by atoms with Crippen molar-refractivity contribution in [1.29, 1.82) is 0 Å². The van der Waals surface area contributed by atoms with E-state index in [1.54, 1.807) is 6.20 Å². The van der Waals surface area contributed by atoms with Gasteiger partial charge in [-0.25, -0.2) is 19.3 Å². The standard InChI is InChI=1S/C57H72FN11O5/c1-35(2)68-34-60-46-31-45(62-52(51(46)68)61-40-8-9-40)37-6-11-44-47(28-37)69(42-29-41(30-42)67-20-4-5-39(58)33-67)55(74)57(44)18-25-66(26-19-57)54(73)56(3)16-23-65(24-17-56)50(71)27-36-14-21-64(22-15-36)48-12-7-38(32-59-48)43-10-13-49(70)63-53(43)72/h6-7,11-12,28,31-32,34-36,39-43H,4-5,8-10,13-27,29-30,33H2,1-3H3,(H,61,62)(H,63,70,72)/t39-,41?,42?,43?/m1/s1. The van der Waals surface area contributed by atoms with Crippen LogP contribution in [-0.4, -0.2) is 140 Å². The third-order valence-corrected chi connectivity index (χ3v) is 18.5. The van der Waals surface area contributed by atoms with E-state index < -0.39 is 17.0 Å². The number of likely N-dealkylation sites (tertiary alicyclic amines) is 3. The Hall–Kier alpha value is -5.97. The Kier molecular flexibility index (Phi) is 12.8. The molecule has 4 aromatic rings. The predicted molar refractivity (Wildman–Crippen MR) is 280 cm³/mol. The van der Waals surface area contributed by atoms with Crippen LogP contribution in [0.25, 0.3) is 22.3 Å². The molecule has 5 amide bonds. The number of hydrogen-bond donors (Lipinski definition) is 2. The Balaban J connectivity index is 0.692. The zero-order valence-electron chi connectivity index (χ0n) is 43.4. The van der Waals surface area contributed by atoms with E-state index in [1.165, 1.54) is 0 Å². The number of piperidine rings is 5. The zero-order chi connectivity index (χ0) is 51.0. The van der Waals surface area contributed by atoms with Gasteiger partial charge in [0.2, 0.25) is 29.5 Å². The summed E-state index contributed by atoms with van der Waals surface area (Å²) in [6.07, 6.45) is 13.6. The van der Waals surface area contributed by atoms with Crippen molar-refractivity contribution in [3.05, 3.63) is 60.0 Å². The second-order valence-electron chi connectivity index (χ2n) is 23.7. The number of benzene rings is 1. The highest BCUT2D eigenvalue weighted by atomic mass is 19.1. The first kappa shape index (κ1) is 48.9. The molecule has 392 valence electrons. The summed E-state index contributed by atoms with van der Waals surface area (Å²) >= 11 is 0. The average molecular weight is 1010 g/mol. The topological polar surface area (TPSA) is 169 Å². The molecular formula is C57H72FN11O5. The Morgan fingerprint density at radius 2 is 1.61 bits per heavy atom. The van der Waals surface area contributed by atoms with Crippen molar-refractivity contribution in [2.75, 3.05) is 67.5 Å². The van der Waals surface area contributed by atoms with Gasteiger partial charge in [0.1, 0.15) is 17.5 Å². The lowest BCUT2D eigenvalue weighted by molar-refractivity contribution is -0.149. The smallest absolute Gasteiger partial charge is 0.238 e. The number of amides is 5. The predicted octanol–water partition coefficient (Wildman–Crippen LogP) is 7.28. The van der Waals surface area contributed by atoms with E-state index in [-0.39, 0.29) is 59.5 Å². The first-order chi connectivity index (χ1) is 35.7. The van der Waals surface area contributed by atoms with Crippen LogP contribution < -0.4 is 20.4 Å². The Labute approximate surface area is 433 Å². The van der Waals surface area contributed by atoms with Gasteiger partial charge in [0, 0.05) is 106 Å². The number of imidazole rings is 1. The second-order valence-corrected chi connectivity index (χ2v) is 23.7. The molecule has 0 radical (unpaired) electrons. The fourth-order valence-corrected chi connectivity index (χ4v) is 13.6. The van der Waals surface area contributed by atoms with E-state index in [9.17, 15) is 23.6 Å². The molecule has 5 saturated heterocycles. The highest BCUT2D eigenvalue weighted by Crippen LogP contribution is 2.53. The van der Waals surface area contributed by atoms with E-state index in [0.717, 1.165) is 115 Å². The molecule has 1 unspecified atom stereocenters. The van der Waals surface area contributed by atoms with Crippen molar-refractivity contribution in [3.63, 3.8) is 0 Å². The number of hydrogen-bond acceptors (Lipinski definition) is 11. The summed E-state index contributed by atoms with van der Waals surface area (Å²) in [5, 5.41) is 6.11. The fourth-order valence-electron chi connectivity index (χ4n) is 13.6. The Morgan fingerprint density at radius 3 is 2.30 bits per heavy atom. The molecule has 16 nitrogen and oxygen atoms in total. The van der Waals surface area contributed by atoms with Crippen LogP contribution in [-0.2, 0) is 29.4 Å². The molecule has 7 fully saturated rings. The van der Waals surface area contributed by atoms with Crippen LogP contribution in [0.1, 0.15) is 140 Å². The lowest BCUT2D eigenvalue weighted by Crippen LogP contribution is -2.59. The SMILES string of the molecule is CC(C)n1cnc2cc(-c3ccc4c(c3)N(C3CC(N5CCC[C@@H](F)C5)C3)C(=O)C43CCN(C(=O)C4(C)CCN(C(=O)CC5CCN(c6ccc(C7CCC(=O)NC7=O)cn6)CC5)CC4)CC3)nc(NC3CC3)c21. The molecule has 8 aliphatic rings. The van der Waals surface area contributed by atoms with Crippen molar-refractivity contribution < 1.29 is 28.4 Å². The van der Waals surface area contributed by atoms with Crippen LogP contribution in [0.3, 0.4) is 0 Å². The molecule has 17 heteroatoms. The number of imide groups is 1. The minimum Gasteiger partial charge on any atom is -0.366 e. The molecule has 6 aliphatic heterocycles. The fraction of sp³-hybridized carbons (Fsp3) is 0.614. The normalized spacial score (nSPS) is 26.4. The molecule has 0 bridgehead atoms. The molecule has 2 atom stereocenters. The van der Waals surface area contributed by atoms with Gasteiger partial charge < -0.3 is 29.5 Å². The van der Waals surface area contributed by atoms with Crippen molar-refractivity contribution in [2.24, 2.45) is 11.3 Å². The number of nitrogens with zero attached hydrogens (tertiary/aromatic N) is 9. The van der Waals surface area contributed by atoms with Gasteiger partial charge in [0.25, 0.3) is 0 Å². The number of carbonyl (C=O) groups excluding carboxylic acids is 5. The van der Waals surface area contributed by atoms with Gasteiger partial charge in [-0.3, -0.25) is 34.2 Å². The van der Waals surface area contributed by atoms with E-state index in [0.29, 0.717) is 90.1 Å². The number of alkyl halides is 1. The van der Waals surface area contributed by atoms with Gasteiger partial charge in [-0.1, -0.05) is 25.1 Å². The summed E-state index contributed by atoms with van der Waals surface area (Å²) in [5.74, 6) is 1.52. The minimum atomic E-state index is -0.795. The summed E-state index contributed by atoms with van der Waals surface area (Å²) in [7, 11) is 0. The summed E-state index contributed by atoms with van der Waals surface area (Å²) in [6.45, 7) is 11.4. The molecule has 1 spiro atoms. The number of aromatic nitrogens is 4. The van der Waals surface area contributed by atoms with Crippen LogP contribution in [0.5, 0.6) is 0 Å². The summed E-state index contributed by atoms with van der Waals surface area (Å²) in [4.78, 5) is 92.9. The number of pyridine rings is 2. The molecule has 9 heterocycles. The first-order valence-electron chi connectivity index (χ1n) is 27.9. The van der Waals surface area contributed by atoms with E-state index in [1.807, 2.05) is 28.3 Å². The number of nitrogens with one attached hydrogen (secondary N) is 2. The number of halogens is 1. The highest BCUT2D eigenvalue weighted by Gasteiger charge is 2.57. The molecule has 12 rings (SSSR count). The van der Waals surface area contributed by atoms with Crippen LogP contribution >= 0.6 is 0 Å². The van der Waals surface area contributed by atoms with Gasteiger partial charge >= 0.3 is 0 Å². The quantitative estimate of drug-likeness (QED) is 0.145. The van der Waals surface area contributed by atoms with Crippen molar-refractivity contribution in [2.45, 2.75) is 159 Å². The van der Waals surface area contributed by atoms with Gasteiger partial charge in [-0.2, -0.15) is 0 Å². The molecule has 1 aromatic carbocycles. The monoisotopic (exact) mass is 1010 g/mol. The molecule has 2 N–H and O–H groups in total. The number of carbonyl (C=O) groups is 5. The highest BCUT2D eigenvalue weighted by molar-refractivity contribution is 6.09. The van der Waals surface area contributed by atoms with E-state index in [4.69, 9.17) is 9.97 Å². The number of fused-ring (bicyclic) bond motifs is 3. The van der Waals surface area contributed by atoms with E-state index >= 15 is 4.79 Å². The largest absolute Gasteiger partial charge is 0.366 e. The molecule has 2 saturated carbocycles. The van der Waals surface area contributed by atoms with Crippen LogP contribution in [0.4, 0.5) is 21.7 Å². The van der Waals surface area contributed by atoms with Crippen molar-refractivity contribution in [3.8, 4) is 11.3 Å². The summed E-state index contributed by atoms with van der Waals surface area (Å²) < 4.78 is 16.8. The third kappa shape index (κ3) is 9.01. The van der Waals surface area contributed by atoms with E-state index in [2.05, 4.69) is 79.9 Å². The lowest BCUT2D eigenvalue weighted by atomic mass is 9.72. The van der Waals surface area contributed by atoms with Gasteiger partial charge in [0.05, 0.1) is 28.9 Å². The van der Waals surface area contributed by atoms with Crippen LogP contribution in [0.2, 0.25) is 0 Å². The second kappa shape index (κ2) is 19.3. The number of anilines is 3. The maximum atomic E-state index is 15.3. The van der Waals surface area contributed by atoms with Gasteiger partial charge in [-0.05, 0) is 139 Å². The molecular weight excluding hydrogens is 938 g/mol. The summed E-state index contributed by atoms with van der Waals surface area (Å²) in [6, 6.07) is 13.3. The summed E-state index contributed by atoms with van der Waals surface area (Å²) in [5.41, 5.74) is 5.09. The average Bonchev–Trinajstić information content (AvgIpc) is 4.07. The molecule has 3 aromatic heterocycles.